The molecule has 4 aromatic rings. The minimum Gasteiger partial charge on any atom is -0.417 e. The highest BCUT2D eigenvalue weighted by molar-refractivity contribution is 9.10. The molecule has 5 nitrogen and oxygen atoms in total. The third kappa shape index (κ3) is 2.92. The van der Waals surface area contributed by atoms with Crippen LogP contribution in [0.5, 0.6) is 0 Å². The topological polar surface area (TPSA) is 60.5 Å². The van der Waals surface area contributed by atoms with E-state index in [0.29, 0.717) is 11.8 Å². The predicted molar refractivity (Wildman–Crippen MR) is 110 cm³/mol. The summed E-state index contributed by atoms with van der Waals surface area (Å²) >= 11 is 3.49. The third-order valence-corrected chi connectivity index (χ3v) is 5.26. The maximum atomic E-state index is 5.71. The molecule has 136 valence electrons. The summed E-state index contributed by atoms with van der Waals surface area (Å²) < 4.78 is 6.60. The number of rotatable bonds is 4. The van der Waals surface area contributed by atoms with E-state index < -0.39 is 0 Å². The van der Waals surface area contributed by atoms with Crippen molar-refractivity contribution in [3.05, 3.63) is 94.3 Å². The van der Waals surface area contributed by atoms with Crippen LogP contribution in [0.2, 0.25) is 0 Å². The Morgan fingerprint density at radius 1 is 0.750 bits per heavy atom. The molecule has 0 saturated carbocycles. The van der Waals surface area contributed by atoms with Gasteiger partial charge in [0.1, 0.15) is 5.71 Å². The highest BCUT2D eigenvalue weighted by atomic mass is 79.9. The van der Waals surface area contributed by atoms with Crippen LogP contribution in [-0.2, 0) is 11.4 Å². The summed E-state index contributed by atoms with van der Waals surface area (Å²) in [6, 6.07) is 24.0. The van der Waals surface area contributed by atoms with Gasteiger partial charge in [-0.25, -0.2) is 0 Å². The minimum atomic E-state index is 0.102. The normalized spacial score (nSPS) is 11.8. The molecule has 3 aromatic carbocycles. The molecule has 1 aliphatic carbocycles. The molecular weight excluding hydrogens is 418 g/mol. The summed E-state index contributed by atoms with van der Waals surface area (Å²) in [5, 5.41) is 12.5. The first-order valence-corrected chi connectivity index (χ1v) is 9.57. The van der Waals surface area contributed by atoms with Gasteiger partial charge in [0.15, 0.2) is 6.61 Å². The molecule has 0 fully saturated rings. The van der Waals surface area contributed by atoms with E-state index in [1.807, 2.05) is 48.5 Å². The fourth-order valence-electron chi connectivity index (χ4n) is 3.30. The van der Waals surface area contributed by atoms with Crippen molar-refractivity contribution in [1.82, 2.24) is 10.2 Å². The van der Waals surface area contributed by atoms with Gasteiger partial charge in [0, 0.05) is 15.6 Å². The number of hydrogen-bond donors (Lipinski definition) is 0. The van der Waals surface area contributed by atoms with Crippen LogP contribution in [0, 0.1) is 0 Å². The molecule has 0 aliphatic heterocycles. The fourth-order valence-corrected chi connectivity index (χ4v) is 3.75. The summed E-state index contributed by atoms with van der Waals surface area (Å²) in [4.78, 5) is 5.58. The van der Waals surface area contributed by atoms with E-state index in [4.69, 9.17) is 9.25 Å². The lowest BCUT2D eigenvalue weighted by Gasteiger charge is -2.01. The van der Waals surface area contributed by atoms with Crippen molar-refractivity contribution in [3.63, 3.8) is 0 Å². The molecular formula is C22H14BrN3O2. The fraction of sp³-hybridized carbons (Fsp3) is 0.0455. The first-order chi connectivity index (χ1) is 13.8. The van der Waals surface area contributed by atoms with E-state index in [1.165, 1.54) is 0 Å². The summed E-state index contributed by atoms with van der Waals surface area (Å²) in [7, 11) is 0. The molecule has 0 amide bonds. The largest absolute Gasteiger partial charge is 0.417 e. The maximum Gasteiger partial charge on any atom is 0.257 e. The van der Waals surface area contributed by atoms with Crippen LogP contribution in [0.25, 0.3) is 22.6 Å². The molecule has 5 rings (SSSR count). The van der Waals surface area contributed by atoms with Crippen LogP contribution in [0.15, 0.2) is 86.8 Å². The van der Waals surface area contributed by atoms with Gasteiger partial charge in [-0.1, -0.05) is 65.8 Å². The molecule has 28 heavy (non-hydrogen) atoms. The quantitative estimate of drug-likeness (QED) is 0.355. The Hall–Kier alpha value is -3.25. The van der Waals surface area contributed by atoms with Crippen LogP contribution in [-0.4, -0.2) is 15.9 Å². The van der Waals surface area contributed by atoms with Crippen molar-refractivity contribution in [2.75, 3.05) is 0 Å². The van der Waals surface area contributed by atoms with E-state index in [1.54, 1.807) is 0 Å². The zero-order valence-electron chi connectivity index (χ0n) is 14.7. The van der Waals surface area contributed by atoms with Gasteiger partial charge in [-0.15, -0.1) is 10.2 Å². The van der Waals surface area contributed by atoms with E-state index in [0.717, 1.165) is 38.0 Å². The molecule has 6 heteroatoms. The lowest BCUT2D eigenvalue weighted by molar-refractivity contribution is 0.111. The number of hydrogen-bond acceptors (Lipinski definition) is 5. The van der Waals surface area contributed by atoms with Crippen LogP contribution < -0.4 is 0 Å². The van der Waals surface area contributed by atoms with Gasteiger partial charge in [0.05, 0.1) is 5.56 Å². The van der Waals surface area contributed by atoms with Crippen molar-refractivity contribution in [3.8, 4) is 22.6 Å². The molecule has 0 saturated heterocycles. The number of fused-ring (bicyclic) bond motifs is 3. The molecule has 1 aromatic heterocycles. The van der Waals surface area contributed by atoms with Gasteiger partial charge in [-0.2, -0.15) is 0 Å². The summed E-state index contributed by atoms with van der Waals surface area (Å²) in [5.74, 6) is 0.810. The Bertz CT molecular complexity index is 1150. The number of benzene rings is 3. The number of nitrogens with zero attached hydrogens (tertiary/aromatic N) is 3. The number of oxime groups is 1. The Morgan fingerprint density at radius 2 is 1.32 bits per heavy atom. The Morgan fingerprint density at radius 3 is 1.96 bits per heavy atom. The molecule has 0 bridgehead atoms. The molecule has 0 N–H and O–H groups in total. The second-order valence-corrected chi connectivity index (χ2v) is 7.14. The molecule has 0 atom stereocenters. The van der Waals surface area contributed by atoms with Crippen LogP contribution in [0.4, 0.5) is 0 Å². The highest BCUT2D eigenvalue weighted by Crippen LogP contribution is 2.36. The van der Waals surface area contributed by atoms with Crippen molar-refractivity contribution >= 4 is 21.6 Å². The monoisotopic (exact) mass is 431 g/mol. The zero-order chi connectivity index (χ0) is 18.9. The summed E-state index contributed by atoms with van der Waals surface area (Å²) in [6.07, 6.45) is 0. The van der Waals surface area contributed by atoms with E-state index in [9.17, 15) is 0 Å². The lowest BCUT2D eigenvalue weighted by Crippen LogP contribution is -2.00. The maximum absolute atomic E-state index is 5.71. The van der Waals surface area contributed by atoms with Gasteiger partial charge in [0.2, 0.25) is 5.89 Å². The van der Waals surface area contributed by atoms with Crippen molar-refractivity contribution < 1.29 is 9.25 Å². The van der Waals surface area contributed by atoms with Crippen LogP contribution in [0.1, 0.15) is 17.0 Å². The molecule has 1 heterocycles. The molecule has 0 radical (unpaired) electrons. The highest BCUT2D eigenvalue weighted by Gasteiger charge is 2.24. The van der Waals surface area contributed by atoms with Gasteiger partial charge < -0.3 is 9.25 Å². The molecule has 0 spiro atoms. The average molecular weight is 432 g/mol. The summed E-state index contributed by atoms with van der Waals surface area (Å²) in [5.41, 5.74) is 6.10. The van der Waals surface area contributed by atoms with E-state index in [2.05, 4.69) is 55.5 Å². The standard InChI is InChI=1S/C22H14BrN3O2/c23-19-12-6-5-11-18(19)22-25-24-20(28-22)13-27-26-21-16-9-3-1-7-14(16)15-8-2-4-10-17(15)21/h1-12H,13H2. The van der Waals surface area contributed by atoms with Crippen LogP contribution in [0.3, 0.4) is 0 Å². The number of halogens is 1. The van der Waals surface area contributed by atoms with Gasteiger partial charge in [-0.3, -0.25) is 0 Å². The Labute approximate surface area is 169 Å². The van der Waals surface area contributed by atoms with Crippen LogP contribution >= 0.6 is 15.9 Å². The number of aromatic nitrogens is 2. The SMILES string of the molecule is Brc1ccccc1-c1nnc(CON=C2c3ccccc3-c3ccccc32)o1. The molecule has 0 unspecified atom stereocenters. The lowest BCUT2D eigenvalue weighted by atomic mass is 10.1. The molecule has 1 aliphatic rings. The minimum absolute atomic E-state index is 0.102. The van der Waals surface area contributed by atoms with Crippen molar-refractivity contribution in [2.45, 2.75) is 6.61 Å². The second-order valence-electron chi connectivity index (χ2n) is 6.29. The second kappa shape index (κ2) is 7.05. The van der Waals surface area contributed by atoms with E-state index in [-0.39, 0.29) is 6.61 Å². The third-order valence-electron chi connectivity index (χ3n) is 4.57. The van der Waals surface area contributed by atoms with Gasteiger partial charge >= 0.3 is 0 Å². The Balaban J connectivity index is 1.39. The zero-order valence-corrected chi connectivity index (χ0v) is 16.3. The van der Waals surface area contributed by atoms with Crippen molar-refractivity contribution in [1.29, 1.82) is 0 Å². The summed E-state index contributed by atoms with van der Waals surface area (Å²) in [6.45, 7) is 0.102. The van der Waals surface area contributed by atoms with Crippen molar-refractivity contribution in [2.24, 2.45) is 5.16 Å². The Kier molecular flexibility index (Phi) is 4.25. The predicted octanol–water partition coefficient (Wildman–Crippen LogP) is 5.45. The smallest absolute Gasteiger partial charge is 0.257 e. The van der Waals surface area contributed by atoms with Gasteiger partial charge in [-0.05, 0) is 39.2 Å². The first-order valence-electron chi connectivity index (χ1n) is 8.77. The van der Waals surface area contributed by atoms with E-state index >= 15 is 0 Å². The van der Waals surface area contributed by atoms with Gasteiger partial charge in [0.25, 0.3) is 5.89 Å². The average Bonchev–Trinajstić information content (AvgIpc) is 3.32. The first kappa shape index (κ1) is 16.9.